The Balaban J connectivity index is 2.31. The quantitative estimate of drug-likeness (QED) is 0.673. The molecule has 0 radical (unpaired) electrons. The first-order valence-electron chi connectivity index (χ1n) is 5.52. The highest BCUT2D eigenvalue weighted by molar-refractivity contribution is 5.79. The Bertz CT molecular complexity index is 731. The van der Waals surface area contributed by atoms with Gasteiger partial charge >= 0.3 is 6.18 Å². The van der Waals surface area contributed by atoms with Crippen LogP contribution in [0.4, 0.5) is 13.2 Å². The number of aromatic nitrogens is 3. The van der Waals surface area contributed by atoms with Gasteiger partial charge < -0.3 is 0 Å². The zero-order valence-electron chi connectivity index (χ0n) is 9.59. The van der Waals surface area contributed by atoms with E-state index in [1.165, 1.54) is 35.1 Å². The van der Waals surface area contributed by atoms with E-state index in [1.54, 1.807) is 12.3 Å². The second-order valence-electron chi connectivity index (χ2n) is 3.98. The maximum atomic E-state index is 13.0. The van der Waals surface area contributed by atoms with Gasteiger partial charge in [0.05, 0.1) is 5.56 Å². The highest BCUT2D eigenvalue weighted by atomic mass is 19.4. The number of hydrogen-bond acceptors (Lipinski definition) is 2. The molecule has 0 amide bonds. The van der Waals surface area contributed by atoms with Crippen LogP contribution in [0.15, 0.2) is 48.9 Å². The Morgan fingerprint density at radius 2 is 1.74 bits per heavy atom. The summed E-state index contributed by atoms with van der Waals surface area (Å²) < 4.78 is 40.5. The largest absolute Gasteiger partial charge is 0.417 e. The van der Waals surface area contributed by atoms with Crippen molar-refractivity contribution < 1.29 is 13.2 Å². The molecule has 0 aliphatic rings. The predicted octanol–water partition coefficient (Wildman–Crippen LogP) is 3.42. The lowest BCUT2D eigenvalue weighted by atomic mass is 10.0. The smallest absolute Gasteiger partial charge is 0.235 e. The first-order valence-corrected chi connectivity index (χ1v) is 5.52. The van der Waals surface area contributed by atoms with E-state index in [1.807, 2.05) is 0 Å². The summed E-state index contributed by atoms with van der Waals surface area (Å²) in [7, 11) is 0. The minimum absolute atomic E-state index is 0.105. The number of rotatable bonds is 1. The van der Waals surface area contributed by atoms with Gasteiger partial charge in [0, 0.05) is 24.2 Å². The fraction of sp³-hybridized carbons (Fsp3) is 0.0769. The molecule has 3 aromatic rings. The summed E-state index contributed by atoms with van der Waals surface area (Å²) >= 11 is 0. The van der Waals surface area contributed by atoms with Gasteiger partial charge in [0.25, 0.3) is 0 Å². The number of alkyl halides is 3. The van der Waals surface area contributed by atoms with Crippen molar-refractivity contribution in [2.45, 2.75) is 6.18 Å². The Morgan fingerprint density at radius 1 is 0.947 bits per heavy atom. The minimum atomic E-state index is -4.40. The van der Waals surface area contributed by atoms with Crippen LogP contribution in [0.25, 0.3) is 16.8 Å². The number of nitrogens with zero attached hydrogens (tertiary/aromatic N) is 3. The van der Waals surface area contributed by atoms with Crippen molar-refractivity contribution in [2.75, 3.05) is 0 Å². The molecule has 2 aromatic heterocycles. The van der Waals surface area contributed by atoms with Gasteiger partial charge in [-0.25, -0.2) is 9.50 Å². The summed E-state index contributed by atoms with van der Waals surface area (Å²) in [5.41, 5.74) is 0.242. The van der Waals surface area contributed by atoms with E-state index < -0.39 is 11.7 Å². The molecule has 1 aromatic carbocycles. The molecule has 0 saturated carbocycles. The van der Waals surface area contributed by atoms with Crippen LogP contribution in [0.3, 0.4) is 0 Å². The zero-order valence-corrected chi connectivity index (χ0v) is 9.59. The van der Waals surface area contributed by atoms with Gasteiger partial charge in [0.1, 0.15) is 0 Å². The average Bonchev–Trinajstić information content (AvgIpc) is 2.85. The van der Waals surface area contributed by atoms with Gasteiger partial charge in [-0.3, -0.25) is 0 Å². The van der Waals surface area contributed by atoms with Gasteiger partial charge in [0.2, 0.25) is 0 Å². The van der Waals surface area contributed by atoms with Crippen LogP contribution in [0.1, 0.15) is 5.56 Å². The van der Waals surface area contributed by atoms with E-state index >= 15 is 0 Å². The lowest BCUT2D eigenvalue weighted by Crippen LogP contribution is -2.07. The van der Waals surface area contributed by atoms with Crippen molar-refractivity contribution in [3.05, 3.63) is 54.5 Å². The second kappa shape index (κ2) is 4.08. The average molecular weight is 263 g/mol. The molecule has 0 N–H and O–H groups in total. The molecule has 0 aliphatic carbocycles. The predicted molar refractivity (Wildman–Crippen MR) is 63.4 cm³/mol. The first kappa shape index (κ1) is 11.7. The standard InChI is InChI=1S/C13H8F3N3/c14-13(15,16)11-4-2-1-3-9(11)10-5-6-18-19-8-7-17-12(10)19/h1-8H. The van der Waals surface area contributed by atoms with Crippen LogP contribution in [0, 0.1) is 0 Å². The number of fused-ring (bicyclic) bond motifs is 1. The summed E-state index contributed by atoms with van der Waals surface area (Å²) in [5.74, 6) is 0. The van der Waals surface area contributed by atoms with Gasteiger partial charge in [0.15, 0.2) is 5.65 Å². The number of benzene rings is 1. The van der Waals surface area contributed by atoms with Gasteiger partial charge in [-0.2, -0.15) is 18.3 Å². The number of imidazole rings is 1. The van der Waals surface area contributed by atoms with Crippen molar-refractivity contribution in [2.24, 2.45) is 0 Å². The summed E-state index contributed by atoms with van der Waals surface area (Å²) in [5, 5.41) is 3.99. The highest BCUT2D eigenvalue weighted by Gasteiger charge is 2.33. The molecule has 3 rings (SSSR count). The lowest BCUT2D eigenvalue weighted by Gasteiger charge is -2.12. The van der Waals surface area contributed by atoms with Crippen molar-refractivity contribution in [3.63, 3.8) is 0 Å². The fourth-order valence-electron chi connectivity index (χ4n) is 2.01. The maximum absolute atomic E-state index is 13.0. The topological polar surface area (TPSA) is 30.2 Å². The van der Waals surface area contributed by atoms with Crippen LogP contribution >= 0.6 is 0 Å². The van der Waals surface area contributed by atoms with Crippen LogP contribution in [-0.4, -0.2) is 14.6 Å². The molecule has 0 saturated heterocycles. The van der Waals surface area contributed by atoms with Crippen molar-refractivity contribution in [1.82, 2.24) is 14.6 Å². The third kappa shape index (κ3) is 1.95. The molecular weight excluding hydrogens is 255 g/mol. The number of halogens is 3. The molecule has 3 nitrogen and oxygen atoms in total. The summed E-state index contributed by atoms with van der Waals surface area (Å²) in [4.78, 5) is 4.05. The lowest BCUT2D eigenvalue weighted by molar-refractivity contribution is -0.137. The van der Waals surface area contributed by atoms with E-state index in [9.17, 15) is 13.2 Å². The molecule has 0 aliphatic heterocycles. The van der Waals surface area contributed by atoms with Crippen molar-refractivity contribution in [3.8, 4) is 11.1 Å². The van der Waals surface area contributed by atoms with Crippen molar-refractivity contribution >= 4 is 5.65 Å². The molecule has 0 fully saturated rings. The van der Waals surface area contributed by atoms with Crippen molar-refractivity contribution in [1.29, 1.82) is 0 Å². The van der Waals surface area contributed by atoms with Gasteiger partial charge in [-0.15, -0.1) is 0 Å². The van der Waals surface area contributed by atoms with Crippen LogP contribution < -0.4 is 0 Å². The molecule has 96 valence electrons. The van der Waals surface area contributed by atoms with Gasteiger partial charge in [-0.1, -0.05) is 18.2 Å². The van der Waals surface area contributed by atoms with E-state index in [2.05, 4.69) is 10.1 Å². The summed E-state index contributed by atoms with van der Waals surface area (Å²) in [6.07, 6.45) is 0.150. The Labute approximate surface area is 106 Å². The van der Waals surface area contributed by atoms with E-state index in [0.29, 0.717) is 11.2 Å². The Hall–Kier alpha value is -2.37. The van der Waals surface area contributed by atoms with E-state index in [0.717, 1.165) is 6.07 Å². The Kier molecular flexibility index (Phi) is 2.51. The fourth-order valence-corrected chi connectivity index (χ4v) is 2.01. The maximum Gasteiger partial charge on any atom is 0.417 e. The SMILES string of the molecule is FC(F)(F)c1ccccc1-c1ccnn2ccnc12. The molecule has 19 heavy (non-hydrogen) atoms. The highest BCUT2D eigenvalue weighted by Crippen LogP contribution is 2.37. The van der Waals surface area contributed by atoms with E-state index in [4.69, 9.17) is 0 Å². The molecule has 0 spiro atoms. The molecule has 0 unspecified atom stereocenters. The molecule has 6 heteroatoms. The summed E-state index contributed by atoms with van der Waals surface area (Å²) in [6.45, 7) is 0. The molecule has 2 heterocycles. The normalized spacial score (nSPS) is 11.9. The minimum Gasteiger partial charge on any atom is -0.235 e. The van der Waals surface area contributed by atoms with Crippen LogP contribution in [-0.2, 0) is 6.18 Å². The van der Waals surface area contributed by atoms with Crippen LogP contribution in [0.2, 0.25) is 0 Å². The number of hydrogen-bond donors (Lipinski definition) is 0. The van der Waals surface area contributed by atoms with Gasteiger partial charge in [-0.05, 0) is 17.7 Å². The first-order chi connectivity index (χ1) is 9.07. The third-order valence-electron chi connectivity index (χ3n) is 2.82. The zero-order chi connectivity index (χ0) is 13.5. The monoisotopic (exact) mass is 263 g/mol. The third-order valence-corrected chi connectivity index (χ3v) is 2.82. The van der Waals surface area contributed by atoms with E-state index in [-0.39, 0.29) is 5.56 Å². The second-order valence-corrected chi connectivity index (χ2v) is 3.98. The van der Waals surface area contributed by atoms with Crippen LogP contribution in [0.5, 0.6) is 0 Å². The summed E-state index contributed by atoms with van der Waals surface area (Å²) in [6, 6.07) is 6.98. The molecular formula is C13H8F3N3. The Morgan fingerprint density at radius 3 is 2.53 bits per heavy atom. The molecule has 0 bridgehead atoms. The molecule has 0 atom stereocenters.